The van der Waals surface area contributed by atoms with Gasteiger partial charge in [-0.05, 0) is 13.3 Å². The number of carbonyl (C=O) groups is 1. The van der Waals surface area contributed by atoms with Crippen LogP contribution >= 0.6 is 11.6 Å². The topological polar surface area (TPSA) is 46.9 Å². The van der Waals surface area contributed by atoms with E-state index in [-0.39, 0.29) is 11.9 Å². The number of nitrogens with one attached hydrogen (secondary N) is 1. The molecule has 4 nitrogen and oxygen atoms in total. The lowest BCUT2D eigenvalue weighted by Crippen LogP contribution is -2.35. The first-order chi connectivity index (χ1) is 7.10. The molecule has 0 aliphatic rings. The number of amides is 1. The smallest absolute Gasteiger partial charge is 0.255 e. The first-order valence-corrected chi connectivity index (χ1v) is 5.49. The van der Waals surface area contributed by atoms with E-state index in [2.05, 4.69) is 10.4 Å². The van der Waals surface area contributed by atoms with E-state index in [0.29, 0.717) is 11.4 Å². The quantitative estimate of drug-likeness (QED) is 0.795. The zero-order valence-electron chi connectivity index (χ0n) is 9.25. The minimum Gasteiger partial charge on any atom is -0.348 e. The zero-order chi connectivity index (χ0) is 11.4. The van der Waals surface area contributed by atoms with Crippen molar-refractivity contribution < 1.29 is 4.79 Å². The van der Waals surface area contributed by atoms with Gasteiger partial charge in [-0.25, -0.2) is 0 Å². The van der Waals surface area contributed by atoms with Gasteiger partial charge in [0.05, 0.1) is 11.8 Å². The van der Waals surface area contributed by atoms with Crippen LogP contribution in [0.3, 0.4) is 0 Å². The molecule has 1 aromatic rings. The van der Waals surface area contributed by atoms with E-state index >= 15 is 0 Å². The molecule has 0 aromatic carbocycles. The third kappa shape index (κ3) is 2.72. The van der Waals surface area contributed by atoms with Crippen molar-refractivity contribution in [2.24, 2.45) is 7.05 Å². The summed E-state index contributed by atoms with van der Waals surface area (Å²) in [4.78, 5) is 11.8. The van der Waals surface area contributed by atoms with E-state index in [9.17, 15) is 4.79 Å². The molecular weight excluding hydrogens is 214 g/mol. The van der Waals surface area contributed by atoms with E-state index < -0.39 is 0 Å². The zero-order valence-corrected chi connectivity index (χ0v) is 10.0. The highest BCUT2D eigenvalue weighted by molar-refractivity contribution is 6.18. The summed E-state index contributed by atoms with van der Waals surface area (Å²) in [6, 6.07) is 0.0266. The molecule has 0 aliphatic heterocycles. The number of carbonyl (C=O) groups excluding carboxylic acids is 1. The molecule has 1 heterocycles. The SMILES string of the molecule is CCC(CCl)NC(=O)c1cnn(C)c1C. The number of rotatable bonds is 4. The number of hydrogen-bond acceptors (Lipinski definition) is 2. The Hall–Kier alpha value is -1.03. The lowest BCUT2D eigenvalue weighted by molar-refractivity contribution is 0.0939. The maximum absolute atomic E-state index is 11.8. The molecule has 1 atom stereocenters. The van der Waals surface area contributed by atoms with Gasteiger partial charge in [0.15, 0.2) is 0 Å². The second kappa shape index (κ2) is 5.16. The van der Waals surface area contributed by atoms with Crippen molar-refractivity contribution in [1.82, 2.24) is 15.1 Å². The average molecular weight is 230 g/mol. The summed E-state index contributed by atoms with van der Waals surface area (Å²) in [5, 5.41) is 6.88. The molecule has 1 N–H and O–H groups in total. The summed E-state index contributed by atoms with van der Waals surface area (Å²) < 4.78 is 1.68. The highest BCUT2D eigenvalue weighted by Gasteiger charge is 2.15. The van der Waals surface area contributed by atoms with Crippen LogP contribution in [-0.4, -0.2) is 27.6 Å². The van der Waals surface area contributed by atoms with Gasteiger partial charge in [0.1, 0.15) is 0 Å². The minimum absolute atomic E-state index is 0.0266. The van der Waals surface area contributed by atoms with Gasteiger partial charge in [-0.3, -0.25) is 9.48 Å². The molecule has 0 aliphatic carbocycles. The van der Waals surface area contributed by atoms with Crippen molar-refractivity contribution in [2.45, 2.75) is 26.3 Å². The number of nitrogens with zero attached hydrogens (tertiary/aromatic N) is 2. The number of hydrogen-bond donors (Lipinski definition) is 1. The normalized spacial score (nSPS) is 12.5. The molecule has 84 valence electrons. The first kappa shape index (κ1) is 12.0. The summed E-state index contributed by atoms with van der Waals surface area (Å²) >= 11 is 5.71. The molecule has 0 fully saturated rings. The standard InChI is InChI=1S/C10H16ClN3O/c1-4-8(5-11)13-10(15)9-6-12-14(3)7(9)2/h6,8H,4-5H2,1-3H3,(H,13,15). The highest BCUT2D eigenvalue weighted by atomic mass is 35.5. The molecule has 0 spiro atoms. The molecule has 1 aromatic heterocycles. The molecule has 0 saturated carbocycles. The summed E-state index contributed by atoms with van der Waals surface area (Å²) in [5.74, 6) is 0.328. The van der Waals surface area contributed by atoms with Gasteiger partial charge < -0.3 is 5.32 Å². The Morgan fingerprint density at radius 1 is 1.73 bits per heavy atom. The van der Waals surface area contributed by atoms with Gasteiger partial charge in [0, 0.05) is 24.7 Å². The Morgan fingerprint density at radius 2 is 2.40 bits per heavy atom. The molecular formula is C10H16ClN3O. The van der Waals surface area contributed by atoms with Crippen LogP contribution in [0.25, 0.3) is 0 Å². The van der Waals surface area contributed by atoms with Crippen molar-refractivity contribution in [2.75, 3.05) is 5.88 Å². The summed E-state index contributed by atoms with van der Waals surface area (Å²) in [7, 11) is 1.81. The van der Waals surface area contributed by atoms with Crippen LogP contribution < -0.4 is 5.32 Å². The predicted molar refractivity (Wildman–Crippen MR) is 60.2 cm³/mol. The lowest BCUT2D eigenvalue weighted by Gasteiger charge is -2.13. The predicted octanol–water partition coefficient (Wildman–Crippen LogP) is 1.48. The monoisotopic (exact) mass is 229 g/mol. The first-order valence-electron chi connectivity index (χ1n) is 4.95. The van der Waals surface area contributed by atoms with E-state index in [1.165, 1.54) is 0 Å². The molecule has 0 bridgehead atoms. The van der Waals surface area contributed by atoms with Crippen LogP contribution in [-0.2, 0) is 7.05 Å². The minimum atomic E-state index is -0.104. The van der Waals surface area contributed by atoms with Gasteiger partial charge in [0.25, 0.3) is 5.91 Å². The van der Waals surface area contributed by atoms with Crippen molar-refractivity contribution in [3.63, 3.8) is 0 Å². The van der Waals surface area contributed by atoms with Gasteiger partial charge in [0.2, 0.25) is 0 Å². The Labute approximate surface area is 94.6 Å². The fourth-order valence-corrected chi connectivity index (χ4v) is 1.53. The van der Waals surface area contributed by atoms with Gasteiger partial charge in [-0.15, -0.1) is 11.6 Å². The Bertz CT molecular complexity index is 344. The highest BCUT2D eigenvalue weighted by Crippen LogP contribution is 2.06. The van der Waals surface area contributed by atoms with Gasteiger partial charge >= 0.3 is 0 Å². The Morgan fingerprint density at radius 3 is 2.80 bits per heavy atom. The van der Waals surface area contributed by atoms with Crippen LogP contribution in [0, 0.1) is 6.92 Å². The average Bonchev–Trinajstić information content (AvgIpc) is 2.56. The summed E-state index contributed by atoms with van der Waals surface area (Å²) in [6.45, 7) is 3.85. The molecule has 1 rings (SSSR count). The van der Waals surface area contributed by atoms with Crippen molar-refractivity contribution >= 4 is 17.5 Å². The lowest BCUT2D eigenvalue weighted by atomic mass is 10.2. The number of aromatic nitrogens is 2. The second-order valence-electron chi connectivity index (χ2n) is 3.50. The van der Waals surface area contributed by atoms with Crippen LogP contribution in [0.1, 0.15) is 29.4 Å². The summed E-state index contributed by atoms with van der Waals surface area (Å²) in [6.07, 6.45) is 2.40. The number of halogens is 1. The van der Waals surface area contributed by atoms with E-state index in [4.69, 9.17) is 11.6 Å². The van der Waals surface area contributed by atoms with Crippen LogP contribution in [0.4, 0.5) is 0 Å². The molecule has 5 heteroatoms. The maximum Gasteiger partial charge on any atom is 0.255 e. The van der Waals surface area contributed by atoms with E-state index in [1.54, 1.807) is 10.9 Å². The maximum atomic E-state index is 11.8. The van der Waals surface area contributed by atoms with Crippen molar-refractivity contribution in [3.8, 4) is 0 Å². The van der Waals surface area contributed by atoms with Gasteiger partial charge in [-0.2, -0.15) is 5.10 Å². The summed E-state index contributed by atoms with van der Waals surface area (Å²) in [5.41, 5.74) is 1.47. The molecule has 1 amide bonds. The molecule has 1 unspecified atom stereocenters. The second-order valence-corrected chi connectivity index (χ2v) is 3.81. The Kier molecular flexibility index (Phi) is 4.15. The molecule has 15 heavy (non-hydrogen) atoms. The molecule has 0 radical (unpaired) electrons. The van der Waals surface area contributed by atoms with Crippen LogP contribution in [0.15, 0.2) is 6.20 Å². The third-order valence-electron chi connectivity index (χ3n) is 2.49. The van der Waals surface area contributed by atoms with E-state index in [1.807, 2.05) is 20.9 Å². The fourth-order valence-electron chi connectivity index (χ4n) is 1.23. The largest absolute Gasteiger partial charge is 0.348 e. The number of aryl methyl sites for hydroxylation is 1. The van der Waals surface area contributed by atoms with E-state index in [0.717, 1.165) is 12.1 Å². The fraction of sp³-hybridized carbons (Fsp3) is 0.600. The Balaban J connectivity index is 2.73. The number of alkyl halides is 1. The van der Waals surface area contributed by atoms with Crippen molar-refractivity contribution in [3.05, 3.63) is 17.5 Å². The van der Waals surface area contributed by atoms with Crippen LogP contribution in [0.2, 0.25) is 0 Å². The van der Waals surface area contributed by atoms with Crippen LogP contribution in [0.5, 0.6) is 0 Å². The molecule has 0 saturated heterocycles. The van der Waals surface area contributed by atoms with Gasteiger partial charge in [-0.1, -0.05) is 6.92 Å². The van der Waals surface area contributed by atoms with Crippen molar-refractivity contribution in [1.29, 1.82) is 0 Å². The third-order valence-corrected chi connectivity index (χ3v) is 2.87.